The molecule has 7 heteroatoms. The van der Waals surface area contributed by atoms with E-state index in [1.807, 2.05) is 12.1 Å². The first-order valence-electron chi connectivity index (χ1n) is 8.10. The number of rotatable bonds is 6. The fourth-order valence-electron chi connectivity index (χ4n) is 2.29. The van der Waals surface area contributed by atoms with Gasteiger partial charge in [-0.2, -0.15) is 13.2 Å². The van der Waals surface area contributed by atoms with Gasteiger partial charge in [0.05, 0.1) is 10.0 Å². The lowest BCUT2D eigenvalue weighted by atomic mass is 9.99. The summed E-state index contributed by atoms with van der Waals surface area (Å²) in [6.45, 7) is 3.91. The largest absolute Gasteiger partial charge is 0.483 e. The summed E-state index contributed by atoms with van der Waals surface area (Å²) in [5.41, 5.74) is 0.402. The van der Waals surface area contributed by atoms with Gasteiger partial charge in [0.15, 0.2) is 6.61 Å². The molecule has 0 aliphatic heterocycles. The molecule has 1 N–H and O–H groups in total. The molecule has 3 nitrogen and oxygen atoms in total. The second-order valence-electron chi connectivity index (χ2n) is 5.91. The molecule has 0 aliphatic rings. The van der Waals surface area contributed by atoms with Crippen LogP contribution in [0.1, 0.15) is 37.3 Å². The van der Waals surface area contributed by atoms with Crippen molar-refractivity contribution in [2.75, 3.05) is 11.9 Å². The standard InChI is InChI=1S/C19H19BrF3NO2/c1-3-12(2)13-7-8-17(16(20)9-13)26-11-18(25)24-15-6-4-5-14(10-15)19(21,22)23/h4-10,12H,3,11H2,1-2H3,(H,24,25). The van der Waals surface area contributed by atoms with E-state index in [0.29, 0.717) is 11.7 Å². The molecular formula is C19H19BrF3NO2. The Kier molecular flexibility index (Phi) is 6.69. The number of carbonyl (C=O) groups excluding carboxylic acids is 1. The summed E-state index contributed by atoms with van der Waals surface area (Å²) in [5.74, 6) is 0.364. The van der Waals surface area contributed by atoms with Crippen LogP contribution in [0.15, 0.2) is 46.9 Å². The summed E-state index contributed by atoms with van der Waals surface area (Å²) in [5, 5.41) is 2.40. The Hall–Kier alpha value is -2.02. The van der Waals surface area contributed by atoms with E-state index >= 15 is 0 Å². The van der Waals surface area contributed by atoms with E-state index < -0.39 is 17.6 Å². The van der Waals surface area contributed by atoms with E-state index in [0.717, 1.165) is 28.6 Å². The summed E-state index contributed by atoms with van der Waals surface area (Å²) < 4.78 is 44.3. The van der Waals surface area contributed by atoms with Crippen molar-refractivity contribution in [2.45, 2.75) is 32.4 Å². The number of ether oxygens (including phenoxy) is 1. The molecule has 1 unspecified atom stereocenters. The first-order chi connectivity index (χ1) is 12.2. The molecule has 0 aliphatic carbocycles. The van der Waals surface area contributed by atoms with Gasteiger partial charge in [0.25, 0.3) is 5.91 Å². The number of halogens is 4. The third kappa shape index (κ3) is 5.49. The Morgan fingerprint density at radius 3 is 2.58 bits per heavy atom. The molecule has 0 saturated carbocycles. The van der Waals surface area contributed by atoms with Crippen molar-refractivity contribution in [1.82, 2.24) is 0 Å². The van der Waals surface area contributed by atoms with Gasteiger partial charge in [0, 0.05) is 5.69 Å². The van der Waals surface area contributed by atoms with Crippen LogP contribution in [0.4, 0.5) is 18.9 Å². The Morgan fingerprint density at radius 1 is 1.23 bits per heavy atom. The van der Waals surface area contributed by atoms with Gasteiger partial charge >= 0.3 is 6.18 Å². The van der Waals surface area contributed by atoms with Gasteiger partial charge in [-0.3, -0.25) is 4.79 Å². The molecule has 0 fully saturated rings. The van der Waals surface area contributed by atoms with Crippen LogP contribution in [-0.2, 0) is 11.0 Å². The van der Waals surface area contributed by atoms with Crippen LogP contribution in [0.5, 0.6) is 5.75 Å². The monoisotopic (exact) mass is 429 g/mol. The van der Waals surface area contributed by atoms with Crippen molar-refractivity contribution in [3.8, 4) is 5.75 Å². The number of anilines is 1. The zero-order valence-electron chi connectivity index (χ0n) is 14.4. The molecule has 0 aromatic heterocycles. The van der Waals surface area contributed by atoms with E-state index in [1.54, 1.807) is 6.07 Å². The second kappa shape index (κ2) is 8.58. The molecule has 1 amide bonds. The van der Waals surface area contributed by atoms with E-state index in [9.17, 15) is 18.0 Å². The Labute approximate surface area is 158 Å². The SMILES string of the molecule is CCC(C)c1ccc(OCC(=O)Nc2cccc(C(F)(F)F)c2)c(Br)c1. The minimum atomic E-state index is -4.46. The topological polar surface area (TPSA) is 38.3 Å². The fourth-order valence-corrected chi connectivity index (χ4v) is 2.80. The maximum Gasteiger partial charge on any atom is 0.416 e. The van der Waals surface area contributed by atoms with Crippen molar-refractivity contribution in [2.24, 2.45) is 0 Å². The maximum atomic E-state index is 12.7. The van der Waals surface area contributed by atoms with Gasteiger partial charge in [0.1, 0.15) is 5.75 Å². The number of hydrogen-bond acceptors (Lipinski definition) is 2. The number of amides is 1. The average molecular weight is 430 g/mol. The van der Waals surface area contributed by atoms with E-state index in [4.69, 9.17) is 4.74 Å². The van der Waals surface area contributed by atoms with Gasteiger partial charge in [-0.05, 0) is 64.2 Å². The number of carbonyl (C=O) groups is 1. The lowest BCUT2D eigenvalue weighted by Gasteiger charge is -2.13. The molecule has 2 rings (SSSR count). The predicted octanol–water partition coefficient (Wildman–Crippen LogP) is 6.00. The van der Waals surface area contributed by atoms with Gasteiger partial charge in [-0.25, -0.2) is 0 Å². The number of alkyl halides is 3. The first kappa shape index (κ1) is 20.3. The molecule has 1 atom stereocenters. The van der Waals surface area contributed by atoms with Crippen molar-refractivity contribution in [1.29, 1.82) is 0 Å². The minimum absolute atomic E-state index is 0.0691. The van der Waals surface area contributed by atoms with E-state index in [1.165, 1.54) is 12.1 Å². The van der Waals surface area contributed by atoms with Crippen molar-refractivity contribution in [3.05, 3.63) is 58.1 Å². The van der Waals surface area contributed by atoms with Crippen LogP contribution >= 0.6 is 15.9 Å². The maximum absolute atomic E-state index is 12.7. The number of nitrogens with one attached hydrogen (secondary N) is 1. The molecule has 2 aromatic rings. The lowest BCUT2D eigenvalue weighted by molar-refractivity contribution is -0.137. The van der Waals surface area contributed by atoms with Gasteiger partial charge in [-0.15, -0.1) is 0 Å². The summed E-state index contributed by atoms with van der Waals surface area (Å²) >= 11 is 3.41. The third-order valence-electron chi connectivity index (χ3n) is 3.97. The zero-order valence-corrected chi connectivity index (χ0v) is 15.9. The van der Waals surface area contributed by atoms with Gasteiger partial charge in [-0.1, -0.05) is 26.0 Å². The minimum Gasteiger partial charge on any atom is -0.483 e. The van der Waals surface area contributed by atoms with Crippen molar-refractivity contribution >= 4 is 27.5 Å². The summed E-state index contributed by atoms with van der Waals surface area (Å²) in [4.78, 5) is 11.9. The third-order valence-corrected chi connectivity index (χ3v) is 4.59. The zero-order chi connectivity index (χ0) is 19.3. The number of benzene rings is 2. The molecule has 26 heavy (non-hydrogen) atoms. The molecule has 0 heterocycles. The Balaban J connectivity index is 1.97. The van der Waals surface area contributed by atoms with Crippen LogP contribution in [0.25, 0.3) is 0 Å². The van der Waals surface area contributed by atoms with Crippen LogP contribution in [0.3, 0.4) is 0 Å². The molecule has 140 valence electrons. The predicted molar refractivity (Wildman–Crippen MR) is 98.4 cm³/mol. The highest BCUT2D eigenvalue weighted by Crippen LogP contribution is 2.31. The van der Waals surface area contributed by atoms with Crippen LogP contribution in [-0.4, -0.2) is 12.5 Å². The highest BCUT2D eigenvalue weighted by molar-refractivity contribution is 9.10. The van der Waals surface area contributed by atoms with Crippen LogP contribution < -0.4 is 10.1 Å². The number of hydrogen-bond donors (Lipinski definition) is 1. The Morgan fingerprint density at radius 2 is 1.96 bits per heavy atom. The summed E-state index contributed by atoms with van der Waals surface area (Å²) in [6.07, 6.45) is -3.45. The van der Waals surface area contributed by atoms with Crippen LogP contribution in [0.2, 0.25) is 0 Å². The normalized spacial score (nSPS) is 12.5. The smallest absolute Gasteiger partial charge is 0.416 e. The lowest BCUT2D eigenvalue weighted by Crippen LogP contribution is -2.20. The van der Waals surface area contributed by atoms with Gasteiger partial charge < -0.3 is 10.1 Å². The first-order valence-corrected chi connectivity index (χ1v) is 8.89. The van der Waals surface area contributed by atoms with E-state index in [-0.39, 0.29) is 12.3 Å². The van der Waals surface area contributed by atoms with Gasteiger partial charge in [0.2, 0.25) is 0 Å². The van der Waals surface area contributed by atoms with Crippen molar-refractivity contribution < 1.29 is 22.7 Å². The van der Waals surface area contributed by atoms with Crippen LogP contribution in [0, 0.1) is 0 Å². The molecule has 0 bridgehead atoms. The highest BCUT2D eigenvalue weighted by Gasteiger charge is 2.30. The summed E-state index contributed by atoms with van der Waals surface area (Å²) in [7, 11) is 0. The quantitative estimate of drug-likeness (QED) is 0.611. The van der Waals surface area contributed by atoms with Crippen molar-refractivity contribution in [3.63, 3.8) is 0 Å². The molecule has 0 radical (unpaired) electrons. The Bertz CT molecular complexity index is 778. The summed E-state index contributed by atoms with van der Waals surface area (Å²) in [6, 6.07) is 10.1. The second-order valence-corrected chi connectivity index (χ2v) is 6.77. The molecule has 2 aromatic carbocycles. The average Bonchev–Trinajstić information content (AvgIpc) is 2.59. The molecule has 0 spiro atoms. The fraction of sp³-hybridized carbons (Fsp3) is 0.316. The highest BCUT2D eigenvalue weighted by atomic mass is 79.9. The van der Waals surface area contributed by atoms with E-state index in [2.05, 4.69) is 35.1 Å². The molecular weight excluding hydrogens is 411 g/mol. The molecule has 0 saturated heterocycles.